The van der Waals surface area contributed by atoms with E-state index in [2.05, 4.69) is 41.2 Å². The minimum Gasteiger partial charge on any atom is -0.501 e. The summed E-state index contributed by atoms with van der Waals surface area (Å²) in [5.41, 5.74) is 2.72. The first-order chi connectivity index (χ1) is 15.5. The fourth-order valence-corrected chi connectivity index (χ4v) is 8.87. The molecule has 0 aromatic heterocycles. The van der Waals surface area contributed by atoms with Crippen LogP contribution in [-0.2, 0) is 14.3 Å². The Labute approximate surface area is 201 Å². The molecule has 0 amide bonds. The maximum atomic E-state index is 13.8. The van der Waals surface area contributed by atoms with Gasteiger partial charge in [0.1, 0.15) is 5.78 Å². The maximum absolute atomic E-state index is 13.8. The number of carbonyl (C=O) groups excluding carboxylic acids is 2. The van der Waals surface area contributed by atoms with Crippen molar-refractivity contribution in [2.24, 2.45) is 46.3 Å². The number of methoxy groups -OCH3 is 1. The zero-order valence-electron chi connectivity index (χ0n) is 22.0. The van der Waals surface area contributed by atoms with Crippen LogP contribution in [0.15, 0.2) is 23.5 Å². The molecule has 0 radical (unpaired) electrons. The van der Waals surface area contributed by atoms with Crippen molar-refractivity contribution in [1.82, 2.24) is 0 Å². The molecule has 4 rings (SSSR count). The lowest BCUT2D eigenvalue weighted by Crippen LogP contribution is -2.50. The molecule has 184 valence electrons. The average Bonchev–Trinajstić information content (AvgIpc) is 3.12. The molecule has 0 aromatic carbocycles. The molecule has 0 aliphatic heterocycles. The second kappa shape index (κ2) is 9.00. The number of rotatable bonds is 7. The third kappa shape index (κ3) is 3.96. The molecule has 2 saturated carbocycles. The second-order valence-corrected chi connectivity index (χ2v) is 12.5. The van der Waals surface area contributed by atoms with Crippen molar-refractivity contribution in [3.05, 3.63) is 23.5 Å². The summed E-state index contributed by atoms with van der Waals surface area (Å²) in [6.45, 7) is 15.5. The van der Waals surface area contributed by atoms with Crippen molar-refractivity contribution < 1.29 is 14.3 Å². The van der Waals surface area contributed by atoms with Gasteiger partial charge in [-0.3, -0.25) is 9.59 Å². The lowest BCUT2D eigenvalue weighted by atomic mass is 9.48. The number of fused-ring (bicyclic) bond motifs is 4. The van der Waals surface area contributed by atoms with Crippen LogP contribution in [0.4, 0.5) is 0 Å². The van der Waals surface area contributed by atoms with Crippen molar-refractivity contribution in [3.63, 3.8) is 0 Å². The first-order valence-electron chi connectivity index (χ1n) is 13.6. The largest absolute Gasteiger partial charge is 0.501 e. The molecule has 0 bridgehead atoms. The average molecular weight is 455 g/mol. The van der Waals surface area contributed by atoms with Crippen LogP contribution in [0.3, 0.4) is 0 Å². The molecule has 8 atom stereocenters. The van der Waals surface area contributed by atoms with E-state index in [0.717, 1.165) is 31.4 Å². The second-order valence-electron chi connectivity index (χ2n) is 12.5. The van der Waals surface area contributed by atoms with Crippen LogP contribution in [0.5, 0.6) is 0 Å². The summed E-state index contributed by atoms with van der Waals surface area (Å²) >= 11 is 0. The quantitative estimate of drug-likeness (QED) is 0.379. The molecule has 3 heteroatoms. The van der Waals surface area contributed by atoms with E-state index in [0.29, 0.717) is 54.0 Å². The Bertz CT molecular complexity index is 853. The summed E-state index contributed by atoms with van der Waals surface area (Å²) in [6, 6.07) is 0. The van der Waals surface area contributed by atoms with Gasteiger partial charge >= 0.3 is 0 Å². The Morgan fingerprint density at radius 1 is 1.12 bits per heavy atom. The fourth-order valence-electron chi connectivity index (χ4n) is 8.87. The number of hydrogen-bond acceptors (Lipinski definition) is 3. The Hall–Kier alpha value is -1.38. The molecule has 0 saturated heterocycles. The molecule has 0 N–H and O–H groups in total. The predicted molar refractivity (Wildman–Crippen MR) is 134 cm³/mol. The highest BCUT2D eigenvalue weighted by atomic mass is 16.5. The number of ether oxygens (including phenoxy) is 1. The normalized spacial score (nSPS) is 40.1. The van der Waals surface area contributed by atoms with Crippen molar-refractivity contribution in [2.75, 3.05) is 7.11 Å². The van der Waals surface area contributed by atoms with Gasteiger partial charge in [0.2, 0.25) is 0 Å². The first kappa shape index (κ1) is 24.7. The molecule has 3 nitrogen and oxygen atoms in total. The summed E-state index contributed by atoms with van der Waals surface area (Å²) in [4.78, 5) is 26.3. The van der Waals surface area contributed by atoms with Gasteiger partial charge in [-0.15, -0.1) is 0 Å². The van der Waals surface area contributed by atoms with E-state index < -0.39 is 0 Å². The van der Waals surface area contributed by atoms with E-state index in [-0.39, 0.29) is 16.7 Å². The zero-order valence-corrected chi connectivity index (χ0v) is 22.0. The summed E-state index contributed by atoms with van der Waals surface area (Å²) in [7, 11) is 1.71. The van der Waals surface area contributed by atoms with Crippen LogP contribution in [0.2, 0.25) is 0 Å². The van der Waals surface area contributed by atoms with Gasteiger partial charge in [0.05, 0.1) is 12.9 Å². The van der Waals surface area contributed by atoms with Crippen molar-refractivity contribution in [1.29, 1.82) is 0 Å². The van der Waals surface area contributed by atoms with Gasteiger partial charge in [0.25, 0.3) is 0 Å². The molecule has 2 fully saturated rings. The van der Waals surface area contributed by atoms with E-state index in [1.54, 1.807) is 7.11 Å². The van der Waals surface area contributed by atoms with Crippen LogP contribution in [0, 0.1) is 46.3 Å². The molecule has 0 aromatic rings. The standard InChI is InChI=1S/C30H46O3/c1-18(21(4)33-7)9-8-10-19(2)23-13-14-25-22-11-12-24-20(3)26(31)15-16-29(24,5)28(22)27(32)17-30(23,25)6/h18-20,23-25H,4,8-17H2,1-3,5-7H3/t18?,19-,20+,23-,24?,25+,29+,30-/m1/s1. The monoisotopic (exact) mass is 454 g/mol. The highest BCUT2D eigenvalue weighted by Gasteiger charge is 2.59. The van der Waals surface area contributed by atoms with E-state index in [9.17, 15) is 9.59 Å². The Morgan fingerprint density at radius 3 is 2.55 bits per heavy atom. The number of Topliss-reactive ketones (excluding diaryl/α,β-unsaturated/α-hetero) is 2. The van der Waals surface area contributed by atoms with E-state index in [4.69, 9.17) is 4.74 Å². The van der Waals surface area contributed by atoms with Crippen molar-refractivity contribution in [2.45, 2.75) is 98.8 Å². The van der Waals surface area contributed by atoms with Crippen LogP contribution < -0.4 is 0 Å². The molecule has 2 unspecified atom stereocenters. The van der Waals surface area contributed by atoms with Crippen molar-refractivity contribution in [3.8, 4) is 0 Å². The lowest BCUT2D eigenvalue weighted by Gasteiger charge is -2.54. The van der Waals surface area contributed by atoms with Crippen LogP contribution in [0.25, 0.3) is 0 Å². The molecule has 4 aliphatic rings. The molecule has 0 heterocycles. The van der Waals surface area contributed by atoms with Crippen LogP contribution in [-0.4, -0.2) is 18.7 Å². The Balaban J connectivity index is 1.52. The summed E-state index contributed by atoms with van der Waals surface area (Å²) in [5.74, 6) is 4.40. The molecule has 0 spiro atoms. The molecular formula is C30H46O3. The third-order valence-electron chi connectivity index (χ3n) is 10.9. The number of hydrogen-bond donors (Lipinski definition) is 0. The van der Waals surface area contributed by atoms with Crippen LogP contribution >= 0.6 is 0 Å². The van der Waals surface area contributed by atoms with Gasteiger partial charge in [-0.2, -0.15) is 0 Å². The fraction of sp³-hybridized carbons (Fsp3) is 0.800. The SMILES string of the molecule is C=C(OC)C(C)CCC[C@@H](C)[C@H]1CC[C@H]2C3=C(C(=O)C[C@]12C)[C@@]1(C)CCC(=O)[C@@H](C)C1CC3. The van der Waals surface area contributed by atoms with Gasteiger partial charge < -0.3 is 4.74 Å². The van der Waals surface area contributed by atoms with E-state index >= 15 is 0 Å². The maximum Gasteiger partial charge on any atom is 0.159 e. The van der Waals surface area contributed by atoms with Gasteiger partial charge in [0, 0.05) is 30.3 Å². The summed E-state index contributed by atoms with van der Waals surface area (Å²) in [6.07, 6.45) is 10.4. The highest BCUT2D eigenvalue weighted by Crippen LogP contribution is 2.65. The number of carbonyl (C=O) groups is 2. The smallest absolute Gasteiger partial charge is 0.159 e. The topological polar surface area (TPSA) is 43.4 Å². The predicted octanol–water partition coefficient (Wildman–Crippen LogP) is 7.31. The molecule has 33 heavy (non-hydrogen) atoms. The van der Waals surface area contributed by atoms with Crippen molar-refractivity contribution >= 4 is 11.6 Å². The minimum absolute atomic E-state index is 0.0804. The highest BCUT2D eigenvalue weighted by molar-refractivity contribution is 6.00. The Kier molecular flexibility index (Phi) is 6.75. The van der Waals surface area contributed by atoms with E-state index in [1.807, 2.05) is 0 Å². The minimum atomic E-state index is -0.0804. The van der Waals surface area contributed by atoms with Gasteiger partial charge in [0.15, 0.2) is 5.78 Å². The Morgan fingerprint density at radius 2 is 1.85 bits per heavy atom. The first-order valence-corrected chi connectivity index (χ1v) is 13.6. The van der Waals surface area contributed by atoms with Gasteiger partial charge in [-0.25, -0.2) is 0 Å². The lowest BCUT2D eigenvalue weighted by molar-refractivity contribution is -0.133. The summed E-state index contributed by atoms with van der Waals surface area (Å²) < 4.78 is 5.32. The number of allylic oxidation sites excluding steroid dienone is 3. The zero-order chi connectivity index (χ0) is 24.1. The van der Waals surface area contributed by atoms with E-state index in [1.165, 1.54) is 36.8 Å². The van der Waals surface area contributed by atoms with Crippen LogP contribution in [0.1, 0.15) is 98.8 Å². The molecular weight excluding hydrogens is 408 g/mol. The third-order valence-corrected chi connectivity index (χ3v) is 10.9. The van der Waals surface area contributed by atoms with Gasteiger partial charge in [-0.1, -0.05) is 59.6 Å². The van der Waals surface area contributed by atoms with Gasteiger partial charge in [-0.05, 0) is 73.0 Å². The molecule has 4 aliphatic carbocycles. The number of ketones is 2. The summed E-state index contributed by atoms with van der Waals surface area (Å²) in [5, 5.41) is 0.